The molecule has 0 aliphatic rings. The van der Waals surface area contributed by atoms with Gasteiger partial charge in [0, 0.05) is 28.9 Å². The molecule has 1 N–H and O–H groups in total. The van der Waals surface area contributed by atoms with E-state index in [9.17, 15) is 4.79 Å². The molecule has 5 aromatic rings. The van der Waals surface area contributed by atoms with Crippen LogP contribution < -0.4 is 14.8 Å². The molecule has 0 unspecified atom stereocenters. The van der Waals surface area contributed by atoms with Gasteiger partial charge in [0.25, 0.3) is 5.91 Å². The summed E-state index contributed by atoms with van der Waals surface area (Å²) in [5.74, 6) is 1.21. The van der Waals surface area contributed by atoms with Gasteiger partial charge in [0.2, 0.25) is 0 Å². The summed E-state index contributed by atoms with van der Waals surface area (Å²) >= 11 is 0. The minimum absolute atomic E-state index is 0.124. The molecule has 5 heteroatoms. The Morgan fingerprint density at radius 2 is 1.53 bits per heavy atom. The van der Waals surface area contributed by atoms with Gasteiger partial charge in [0.05, 0.1) is 12.6 Å². The van der Waals surface area contributed by atoms with Crippen LogP contribution in [0.5, 0.6) is 11.5 Å². The van der Waals surface area contributed by atoms with Crippen molar-refractivity contribution in [3.05, 3.63) is 132 Å². The number of amides is 1. The minimum Gasteiger partial charge on any atom is -0.493 e. The van der Waals surface area contributed by atoms with E-state index < -0.39 is 0 Å². The van der Waals surface area contributed by atoms with Crippen LogP contribution in [0, 0.1) is 0 Å². The van der Waals surface area contributed by atoms with Crippen LogP contribution in [0.15, 0.2) is 109 Å². The molecule has 0 saturated heterocycles. The van der Waals surface area contributed by atoms with E-state index >= 15 is 0 Å². The standard InChI is InChI=1S/C31H26N2O3/c1-35-29-19-27-25(16-17-32-28(27)20-30(29)36-21-23-8-4-2-5-9-23)18-22-12-14-26(15-13-22)33-31(34)24-10-6-3-7-11-24/h2-17,19-20H,18,21H2,1H3,(H,33,34). The number of methoxy groups -OCH3 is 1. The van der Waals surface area contributed by atoms with Gasteiger partial charge in [0.15, 0.2) is 11.5 Å². The number of benzene rings is 4. The molecule has 1 aromatic heterocycles. The number of carbonyl (C=O) groups excluding carboxylic acids is 1. The van der Waals surface area contributed by atoms with Crippen molar-refractivity contribution in [3.63, 3.8) is 0 Å². The second-order valence-electron chi connectivity index (χ2n) is 8.46. The van der Waals surface area contributed by atoms with Crippen LogP contribution in [0.4, 0.5) is 5.69 Å². The van der Waals surface area contributed by atoms with Gasteiger partial charge in [-0.15, -0.1) is 0 Å². The molecule has 0 spiro atoms. The van der Waals surface area contributed by atoms with Crippen molar-refractivity contribution in [3.8, 4) is 11.5 Å². The number of ether oxygens (including phenoxy) is 2. The summed E-state index contributed by atoms with van der Waals surface area (Å²) in [4.78, 5) is 17.0. The SMILES string of the molecule is COc1cc2c(Cc3ccc(NC(=O)c4ccccc4)cc3)ccnc2cc1OCc1ccccc1. The molecule has 0 saturated carbocycles. The van der Waals surface area contributed by atoms with Crippen LogP contribution in [0.2, 0.25) is 0 Å². The van der Waals surface area contributed by atoms with Gasteiger partial charge >= 0.3 is 0 Å². The first kappa shape index (κ1) is 23.1. The molecule has 0 radical (unpaired) electrons. The number of fused-ring (bicyclic) bond motifs is 1. The molecular formula is C31H26N2O3. The molecule has 36 heavy (non-hydrogen) atoms. The number of aromatic nitrogens is 1. The Kier molecular flexibility index (Phi) is 6.90. The maximum absolute atomic E-state index is 12.4. The summed E-state index contributed by atoms with van der Waals surface area (Å²) in [5.41, 5.74) is 5.59. The molecule has 1 amide bonds. The van der Waals surface area contributed by atoms with E-state index in [1.165, 1.54) is 0 Å². The predicted octanol–water partition coefficient (Wildman–Crippen LogP) is 6.67. The number of pyridine rings is 1. The zero-order valence-electron chi connectivity index (χ0n) is 20.0. The van der Waals surface area contributed by atoms with Crippen LogP contribution in [-0.2, 0) is 13.0 Å². The van der Waals surface area contributed by atoms with E-state index in [-0.39, 0.29) is 5.91 Å². The van der Waals surface area contributed by atoms with Gasteiger partial charge < -0.3 is 14.8 Å². The fourth-order valence-electron chi connectivity index (χ4n) is 4.09. The molecule has 1 heterocycles. The predicted molar refractivity (Wildman–Crippen MR) is 143 cm³/mol. The minimum atomic E-state index is -0.124. The first-order valence-corrected chi connectivity index (χ1v) is 11.8. The Hall–Kier alpha value is -4.64. The van der Waals surface area contributed by atoms with Crippen molar-refractivity contribution < 1.29 is 14.3 Å². The molecule has 4 aromatic carbocycles. The average Bonchev–Trinajstić information content (AvgIpc) is 2.93. The lowest BCUT2D eigenvalue weighted by molar-refractivity contribution is 0.102. The molecule has 5 rings (SSSR count). The number of carbonyl (C=O) groups is 1. The van der Waals surface area contributed by atoms with Crippen LogP contribution >= 0.6 is 0 Å². The van der Waals surface area contributed by atoms with Crippen LogP contribution in [-0.4, -0.2) is 18.0 Å². The highest BCUT2D eigenvalue weighted by molar-refractivity contribution is 6.04. The third kappa shape index (κ3) is 5.36. The van der Waals surface area contributed by atoms with Crippen molar-refractivity contribution in [1.82, 2.24) is 4.98 Å². The van der Waals surface area contributed by atoms with Crippen LogP contribution in [0.3, 0.4) is 0 Å². The Labute approximate surface area is 210 Å². The van der Waals surface area contributed by atoms with Crippen molar-refractivity contribution in [1.29, 1.82) is 0 Å². The monoisotopic (exact) mass is 474 g/mol. The van der Waals surface area contributed by atoms with Crippen LogP contribution in [0.25, 0.3) is 10.9 Å². The molecule has 0 atom stereocenters. The summed E-state index contributed by atoms with van der Waals surface area (Å²) in [6.07, 6.45) is 2.54. The highest BCUT2D eigenvalue weighted by Gasteiger charge is 2.12. The third-order valence-corrected chi connectivity index (χ3v) is 6.00. The number of anilines is 1. The summed E-state index contributed by atoms with van der Waals surface area (Å²) in [5, 5.41) is 3.96. The lowest BCUT2D eigenvalue weighted by atomic mass is 10.0. The maximum Gasteiger partial charge on any atom is 0.255 e. The Bertz CT molecular complexity index is 1470. The summed E-state index contributed by atoms with van der Waals surface area (Å²) < 4.78 is 11.7. The zero-order chi connectivity index (χ0) is 24.7. The van der Waals surface area contributed by atoms with E-state index in [2.05, 4.69) is 10.3 Å². The normalized spacial score (nSPS) is 10.7. The first-order valence-electron chi connectivity index (χ1n) is 11.8. The lowest BCUT2D eigenvalue weighted by Gasteiger charge is -2.14. The summed E-state index contributed by atoms with van der Waals surface area (Å²) in [7, 11) is 1.65. The van der Waals surface area contributed by atoms with Gasteiger partial charge in [-0.2, -0.15) is 0 Å². The fraction of sp³-hybridized carbons (Fsp3) is 0.0968. The molecule has 178 valence electrons. The number of nitrogens with zero attached hydrogens (tertiary/aromatic N) is 1. The number of hydrogen-bond acceptors (Lipinski definition) is 4. The van der Waals surface area contributed by atoms with Crippen molar-refractivity contribution >= 4 is 22.5 Å². The zero-order valence-corrected chi connectivity index (χ0v) is 20.0. The average molecular weight is 475 g/mol. The van der Waals surface area contributed by atoms with E-state index in [4.69, 9.17) is 9.47 Å². The third-order valence-electron chi connectivity index (χ3n) is 6.00. The molecule has 0 bridgehead atoms. The lowest BCUT2D eigenvalue weighted by Crippen LogP contribution is -2.11. The van der Waals surface area contributed by atoms with Gasteiger partial charge in [0.1, 0.15) is 6.61 Å². The van der Waals surface area contributed by atoms with Crippen LogP contribution in [0.1, 0.15) is 27.0 Å². The topological polar surface area (TPSA) is 60.5 Å². The fourth-order valence-corrected chi connectivity index (χ4v) is 4.09. The van der Waals surface area contributed by atoms with Gasteiger partial charge in [-0.25, -0.2) is 0 Å². The summed E-state index contributed by atoms with van der Waals surface area (Å²) in [6.45, 7) is 0.454. The first-order chi connectivity index (χ1) is 17.7. The molecule has 0 aliphatic carbocycles. The van der Waals surface area contributed by atoms with Gasteiger partial charge in [-0.3, -0.25) is 9.78 Å². The highest BCUT2D eigenvalue weighted by Crippen LogP contribution is 2.34. The smallest absolute Gasteiger partial charge is 0.255 e. The van der Waals surface area contributed by atoms with Crippen molar-refractivity contribution in [2.24, 2.45) is 0 Å². The molecule has 0 aliphatic heterocycles. The second-order valence-corrected chi connectivity index (χ2v) is 8.46. The van der Waals surface area contributed by atoms with Gasteiger partial charge in [-0.1, -0.05) is 60.7 Å². The largest absolute Gasteiger partial charge is 0.493 e. The maximum atomic E-state index is 12.4. The van der Waals surface area contributed by atoms with E-state index in [0.29, 0.717) is 23.7 Å². The van der Waals surface area contributed by atoms with E-state index in [0.717, 1.165) is 39.7 Å². The Morgan fingerprint density at radius 1 is 0.806 bits per heavy atom. The molecular weight excluding hydrogens is 448 g/mol. The molecule has 0 fully saturated rings. The summed E-state index contributed by atoms with van der Waals surface area (Å²) in [6, 6.07) is 33.1. The second kappa shape index (κ2) is 10.7. The van der Waals surface area contributed by atoms with E-state index in [1.54, 1.807) is 19.2 Å². The van der Waals surface area contributed by atoms with Gasteiger partial charge in [-0.05, 0) is 59.5 Å². The number of rotatable bonds is 8. The van der Waals surface area contributed by atoms with E-state index in [1.807, 2.05) is 97.2 Å². The number of hydrogen-bond donors (Lipinski definition) is 1. The molecule has 5 nitrogen and oxygen atoms in total. The Balaban J connectivity index is 1.33. The van der Waals surface area contributed by atoms with Crippen molar-refractivity contribution in [2.75, 3.05) is 12.4 Å². The Morgan fingerprint density at radius 3 is 2.25 bits per heavy atom. The highest BCUT2D eigenvalue weighted by atomic mass is 16.5. The quantitative estimate of drug-likeness (QED) is 0.273. The van der Waals surface area contributed by atoms with Crippen molar-refractivity contribution in [2.45, 2.75) is 13.0 Å². The number of nitrogens with one attached hydrogen (secondary N) is 1.